The van der Waals surface area contributed by atoms with Gasteiger partial charge in [0.2, 0.25) is 0 Å². The zero-order valence-electron chi connectivity index (χ0n) is 8.89. The minimum atomic E-state index is -0.208. The molecule has 4 heteroatoms. The molecule has 0 fully saturated rings. The molecule has 0 saturated heterocycles. The first-order valence-electron chi connectivity index (χ1n) is 4.77. The van der Waals surface area contributed by atoms with Crippen LogP contribution in [0.3, 0.4) is 0 Å². The highest BCUT2D eigenvalue weighted by atomic mass is 79.9. The quantitative estimate of drug-likeness (QED) is 0.891. The average Bonchev–Trinajstić information content (AvgIpc) is 2.22. The zero-order valence-corrected chi connectivity index (χ0v) is 10.5. The number of rotatable bonds is 5. The van der Waals surface area contributed by atoms with Gasteiger partial charge in [0.25, 0.3) is 0 Å². The van der Waals surface area contributed by atoms with Gasteiger partial charge >= 0.3 is 0 Å². The molecule has 0 aliphatic carbocycles. The van der Waals surface area contributed by atoms with Crippen molar-refractivity contribution < 1.29 is 9.13 Å². The summed E-state index contributed by atoms with van der Waals surface area (Å²) in [5.74, 6) is -0.208. The molecule has 1 N–H and O–H groups in total. The van der Waals surface area contributed by atoms with Crippen molar-refractivity contribution in [1.82, 2.24) is 5.32 Å². The molecule has 0 heterocycles. The Hall–Kier alpha value is -0.450. The van der Waals surface area contributed by atoms with E-state index in [4.69, 9.17) is 4.74 Å². The van der Waals surface area contributed by atoms with Crippen molar-refractivity contribution >= 4 is 15.9 Å². The standard InChI is InChI=1S/C11H15BrFNO/c1-14-10(7-15-2)6-8-5-9(13)3-4-11(8)12/h3-5,10,14H,6-7H2,1-2H3. The predicted octanol–water partition coefficient (Wildman–Crippen LogP) is 2.37. The number of nitrogens with one attached hydrogen (secondary N) is 1. The van der Waals surface area contributed by atoms with E-state index in [9.17, 15) is 4.39 Å². The summed E-state index contributed by atoms with van der Waals surface area (Å²) >= 11 is 3.40. The number of hydrogen-bond donors (Lipinski definition) is 1. The minimum absolute atomic E-state index is 0.202. The molecule has 0 aliphatic rings. The maximum absolute atomic E-state index is 13.0. The van der Waals surface area contributed by atoms with Crippen LogP contribution in [0, 0.1) is 5.82 Å². The highest BCUT2D eigenvalue weighted by Crippen LogP contribution is 2.19. The number of methoxy groups -OCH3 is 1. The summed E-state index contributed by atoms with van der Waals surface area (Å²) in [5.41, 5.74) is 0.950. The van der Waals surface area contributed by atoms with Gasteiger partial charge in [0, 0.05) is 17.6 Å². The van der Waals surface area contributed by atoms with Crippen LogP contribution in [0.5, 0.6) is 0 Å². The van der Waals surface area contributed by atoms with E-state index in [1.54, 1.807) is 19.2 Å². The molecule has 1 rings (SSSR count). The van der Waals surface area contributed by atoms with Gasteiger partial charge in [-0.1, -0.05) is 15.9 Å². The lowest BCUT2D eigenvalue weighted by Gasteiger charge is -2.15. The van der Waals surface area contributed by atoms with Crippen LogP contribution in [-0.4, -0.2) is 26.8 Å². The van der Waals surface area contributed by atoms with Gasteiger partial charge in [0.05, 0.1) is 6.61 Å². The lowest BCUT2D eigenvalue weighted by atomic mass is 10.1. The van der Waals surface area contributed by atoms with Crippen molar-refractivity contribution in [2.45, 2.75) is 12.5 Å². The van der Waals surface area contributed by atoms with Crippen LogP contribution in [0.1, 0.15) is 5.56 Å². The van der Waals surface area contributed by atoms with Crippen LogP contribution in [0.2, 0.25) is 0 Å². The predicted molar refractivity (Wildman–Crippen MR) is 62.5 cm³/mol. The first-order valence-corrected chi connectivity index (χ1v) is 5.56. The third-order valence-electron chi connectivity index (χ3n) is 2.25. The van der Waals surface area contributed by atoms with Crippen LogP contribution in [0.15, 0.2) is 22.7 Å². The first kappa shape index (κ1) is 12.6. The van der Waals surface area contributed by atoms with Gasteiger partial charge in [-0.3, -0.25) is 0 Å². The van der Waals surface area contributed by atoms with Crippen LogP contribution in [0.25, 0.3) is 0 Å². The van der Waals surface area contributed by atoms with Crippen molar-refractivity contribution in [3.05, 3.63) is 34.1 Å². The Bertz CT molecular complexity index is 319. The minimum Gasteiger partial charge on any atom is -0.383 e. The van der Waals surface area contributed by atoms with Gasteiger partial charge in [-0.2, -0.15) is 0 Å². The molecule has 84 valence electrons. The maximum Gasteiger partial charge on any atom is 0.123 e. The first-order chi connectivity index (χ1) is 7.17. The van der Waals surface area contributed by atoms with E-state index < -0.39 is 0 Å². The van der Waals surface area contributed by atoms with Crippen LogP contribution in [0.4, 0.5) is 4.39 Å². The number of hydrogen-bond acceptors (Lipinski definition) is 2. The Morgan fingerprint density at radius 3 is 2.87 bits per heavy atom. The van der Waals surface area contributed by atoms with Gasteiger partial charge in [-0.05, 0) is 37.2 Å². The second kappa shape index (κ2) is 6.20. The molecule has 2 nitrogen and oxygen atoms in total. The summed E-state index contributed by atoms with van der Waals surface area (Å²) < 4.78 is 19.0. The molecule has 1 unspecified atom stereocenters. The van der Waals surface area contributed by atoms with Crippen LogP contribution in [-0.2, 0) is 11.2 Å². The molecule has 0 bridgehead atoms. The Morgan fingerprint density at radius 2 is 2.27 bits per heavy atom. The fourth-order valence-corrected chi connectivity index (χ4v) is 1.82. The van der Waals surface area contributed by atoms with E-state index in [2.05, 4.69) is 21.2 Å². The maximum atomic E-state index is 13.0. The number of halogens is 2. The van der Waals surface area contributed by atoms with E-state index in [-0.39, 0.29) is 11.9 Å². The van der Waals surface area contributed by atoms with E-state index in [1.807, 2.05) is 7.05 Å². The summed E-state index contributed by atoms with van der Waals surface area (Å²) in [7, 11) is 3.53. The van der Waals surface area contributed by atoms with E-state index in [0.717, 1.165) is 16.5 Å². The largest absolute Gasteiger partial charge is 0.383 e. The molecule has 0 saturated carbocycles. The summed E-state index contributed by atoms with van der Waals surface area (Å²) in [6, 6.07) is 4.92. The molecular formula is C11H15BrFNO. The fourth-order valence-electron chi connectivity index (χ4n) is 1.41. The van der Waals surface area contributed by atoms with Crippen molar-refractivity contribution in [1.29, 1.82) is 0 Å². The highest BCUT2D eigenvalue weighted by Gasteiger charge is 2.09. The van der Waals surface area contributed by atoms with Crippen molar-refractivity contribution in [2.75, 3.05) is 20.8 Å². The molecule has 15 heavy (non-hydrogen) atoms. The van der Waals surface area contributed by atoms with Gasteiger partial charge in [-0.15, -0.1) is 0 Å². The molecule has 0 radical (unpaired) electrons. The zero-order chi connectivity index (χ0) is 11.3. The van der Waals surface area contributed by atoms with Crippen molar-refractivity contribution in [3.8, 4) is 0 Å². The summed E-state index contributed by atoms with van der Waals surface area (Å²) in [6.07, 6.45) is 0.739. The molecule has 0 aliphatic heterocycles. The SMILES string of the molecule is CNC(COC)Cc1cc(F)ccc1Br. The Labute approximate surface area is 98.0 Å². The Morgan fingerprint density at radius 1 is 1.53 bits per heavy atom. The van der Waals surface area contributed by atoms with Crippen molar-refractivity contribution in [2.24, 2.45) is 0 Å². The normalized spacial score (nSPS) is 12.8. The van der Waals surface area contributed by atoms with Gasteiger partial charge in [0.1, 0.15) is 5.82 Å². The fraction of sp³-hybridized carbons (Fsp3) is 0.455. The summed E-state index contributed by atoms with van der Waals surface area (Å²) in [6.45, 7) is 0.611. The third kappa shape index (κ3) is 3.89. The Balaban J connectivity index is 2.73. The van der Waals surface area contributed by atoms with Gasteiger partial charge in [-0.25, -0.2) is 4.39 Å². The van der Waals surface area contributed by atoms with Crippen molar-refractivity contribution in [3.63, 3.8) is 0 Å². The highest BCUT2D eigenvalue weighted by molar-refractivity contribution is 9.10. The molecule has 1 atom stereocenters. The molecule has 1 aromatic carbocycles. The average molecular weight is 276 g/mol. The topological polar surface area (TPSA) is 21.3 Å². The summed E-state index contributed by atoms with van der Waals surface area (Å²) in [5, 5.41) is 3.13. The lowest BCUT2D eigenvalue weighted by molar-refractivity contribution is 0.169. The Kier molecular flexibility index (Phi) is 5.22. The molecular weight excluding hydrogens is 261 g/mol. The third-order valence-corrected chi connectivity index (χ3v) is 3.02. The van der Waals surface area contributed by atoms with Gasteiger partial charge < -0.3 is 10.1 Å². The second-order valence-corrected chi connectivity index (χ2v) is 4.24. The molecule has 0 aromatic heterocycles. The smallest absolute Gasteiger partial charge is 0.123 e. The molecule has 0 amide bonds. The van der Waals surface area contributed by atoms with E-state index in [1.165, 1.54) is 6.07 Å². The van der Waals surface area contributed by atoms with E-state index >= 15 is 0 Å². The number of benzene rings is 1. The van der Waals surface area contributed by atoms with E-state index in [0.29, 0.717) is 6.61 Å². The summed E-state index contributed by atoms with van der Waals surface area (Å²) in [4.78, 5) is 0. The van der Waals surface area contributed by atoms with Crippen LogP contribution >= 0.6 is 15.9 Å². The van der Waals surface area contributed by atoms with Crippen LogP contribution < -0.4 is 5.32 Å². The second-order valence-electron chi connectivity index (χ2n) is 3.38. The number of likely N-dealkylation sites (N-methyl/N-ethyl adjacent to an activating group) is 1. The lowest BCUT2D eigenvalue weighted by Crippen LogP contribution is -2.32. The number of ether oxygens (including phenoxy) is 1. The molecule has 0 spiro atoms. The monoisotopic (exact) mass is 275 g/mol. The molecule has 1 aromatic rings. The van der Waals surface area contributed by atoms with Gasteiger partial charge in [0.15, 0.2) is 0 Å².